The Kier molecular flexibility index (Phi) is 35.8. The van der Waals surface area contributed by atoms with E-state index in [-0.39, 0.29) is 26.1 Å². The van der Waals surface area contributed by atoms with Crippen molar-refractivity contribution >= 4 is 19.8 Å². The average Bonchev–Trinajstić information content (AvgIpc) is 3.14. The molecule has 0 aromatic carbocycles. The number of allylic oxidation sites excluding steroid dienone is 7. The quantitative estimate of drug-likeness (QED) is 0.0161. The van der Waals surface area contributed by atoms with E-state index in [4.69, 9.17) is 18.5 Å². The van der Waals surface area contributed by atoms with Gasteiger partial charge in [-0.1, -0.05) is 159 Å². The Balaban J connectivity index is 4.55. The number of phosphoric ester groups is 1. The largest absolute Gasteiger partial charge is 0.756 e. The Bertz CT molecular complexity index is 1120. The van der Waals surface area contributed by atoms with Gasteiger partial charge in [0.25, 0.3) is 7.82 Å². The second-order valence-corrected chi connectivity index (χ2v) is 17.3. The third-order valence-electron chi connectivity index (χ3n) is 9.21. The molecule has 326 valence electrons. The SMILES string of the molecule is CCCCC/C=C\C/C=C\C/C=C\C=C\[C@@H](O)CCCC(=O)OC[C@H](COP(=O)([O-])OCC[N+](C)(C)C)OC(=O)CCCCCCCCCCCCCCCC. The maximum Gasteiger partial charge on any atom is 0.306 e. The Labute approximate surface area is 342 Å². The first kappa shape index (κ1) is 53.9. The molecule has 0 bridgehead atoms. The first-order valence-corrected chi connectivity index (χ1v) is 23.4. The van der Waals surface area contributed by atoms with Gasteiger partial charge in [0.15, 0.2) is 6.10 Å². The zero-order chi connectivity index (χ0) is 41.6. The normalized spacial score (nSPS) is 14.6. The van der Waals surface area contributed by atoms with Gasteiger partial charge in [0.2, 0.25) is 0 Å². The van der Waals surface area contributed by atoms with E-state index in [0.29, 0.717) is 30.3 Å². The molecule has 1 N–H and O–H groups in total. The van der Waals surface area contributed by atoms with Crippen LogP contribution in [0.1, 0.15) is 168 Å². The molecule has 0 aliphatic heterocycles. The topological polar surface area (TPSA) is 131 Å². The summed E-state index contributed by atoms with van der Waals surface area (Å²) in [4.78, 5) is 37.5. The highest BCUT2D eigenvalue weighted by Crippen LogP contribution is 2.38. The van der Waals surface area contributed by atoms with Gasteiger partial charge in [0.1, 0.15) is 19.8 Å². The number of carbonyl (C=O) groups excluding carboxylic acids is 2. The molecule has 0 aliphatic carbocycles. The Morgan fingerprint density at radius 3 is 1.80 bits per heavy atom. The lowest BCUT2D eigenvalue weighted by Gasteiger charge is -2.28. The van der Waals surface area contributed by atoms with Crippen LogP contribution in [-0.4, -0.2) is 81.2 Å². The van der Waals surface area contributed by atoms with E-state index in [1.54, 1.807) is 12.2 Å². The van der Waals surface area contributed by atoms with E-state index in [0.717, 1.165) is 38.5 Å². The molecular formula is C45H82NO9P. The predicted molar refractivity (Wildman–Crippen MR) is 228 cm³/mol. The molecule has 1 unspecified atom stereocenters. The summed E-state index contributed by atoms with van der Waals surface area (Å²) in [5.41, 5.74) is 0. The number of aliphatic hydroxyl groups is 1. The molecule has 0 amide bonds. The molecule has 0 rings (SSSR count). The van der Waals surface area contributed by atoms with Crippen molar-refractivity contribution in [2.45, 2.75) is 180 Å². The van der Waals surface area contributed by atoms with Gasteiger partial charge >= 0.3 is 11.9 Å². The highest BCUT2D eigenvalue weighted by atomic mass is 31.2. The molecule has 0 fully saturated rings. The van der Waals surface area contributed by atoms with Gasteiger partial charge in [0, 0.05) is 12.8 Å². The lowest BCUT2D eigenvalue weighted by atomic mass is 10.0. The number of likely N-dealkylation sites (N-methyl/N-ethyl adjacent to an activating group) is 1. The van der Waals surface area contributed by atoms with E-state index in [2.05, 4.69) is 38.2 Å². The van der Waals surface area contributed by atoms with E-state index in [1.165, 1.54) is 83.5 Å². The zero-order valence-electron chi connectivity index (χ0n) is 36.2. The van der Waals surface area contributed by atoms with Crippen molar-refractivity contribution in [3.8, 4) is 0 Å². The number of nitrogens with zero attached hydrogens (tertiary/aromatic N) is 1. The molecule has 0 aromatic heterocycles. The van der Waals surface area contributed by atoms with Crippen molar-refractivity contribution in [2.75, 3.05) is 47.5 Å². The summed E-state index contributed by atoms with van der Waals surface area (Å²) < 4.78 is 33.7. The number of quaternary nitrogens is 1. The predicted octanol–water partition coefficient (Wildman–Crippen LogP) is 10.6. The van der Waals surface area contributed by atoms with E-state index in [1.807, 2.05) is 33.3 Å². The summed E-state index contributed by atoms with van der Waals surface area (Å²) in [6, 6.07) is 0. The van der Waals surface area contributed by atoms with E-state index >= 15 is 0 Å². The fourth-order valence-corrected chi connectivity index (χ4v) is 6.43. The number of esters is 2. The second-order valence-electron chi connectivity index (χ2n) is 15.9. The van der Waals surface area contributed by atoms with E-state index < -0.39 is 38.6 Å². The van der Waals surface area contributed by atoms with Crippen LogP contribution in [0.2, 0.25) is 0 Å². The lowest BCUT2D eigenvalue weighted by molar-refractivity contribution is -0.870. The molecule has 11 heteroatoms. The van der Waals surface area contributed by atoms with Crippen LogP contribution in [0.4, 0.5) is 0 Å². The number of hydrogen-bond donors (Lipinski definition) is 1. The third-order valence-corrected chi connectivity index (χ3v) is 10.2. The van der Waals surface area contributed by atoms with Gasteiger partial charge in [-0.05, 0) is 44.9 Å². The highest BCUT2D eigenvalue weighted by molar-refractivity contribution is 7.45. The van der Waals surface area contributed by atoms with Gasteiger partial charge in [-0.3, -0.25) is 14.2 Å². The number of rotatable bonds is 39. The standard InChI is InChI=1S/C45H82NO9P/c1-6-8-10-12-14-16-18-20-22-24-26-28-30-32-36-45(49)55-43(41-54-56(50,51)53-39-38-46(3,4)5)40-52-44(48)37-33-35-42(47)34-31-29-27-25-23-21-19-17-15-13-11-9-7-2/h15,17,21,23,27,29,31,34,42-43,47H,6-14,16,18-20,22,24-26,28,30,32-33,35-41H2,1-5H3/b17-15-,23-21-,29-27-,34-31+/t42-,43-/m1/s1. The van der Waals surface area contributed by atoms with Crippen LogP contribution in [0.25, 0.3) is 0 Å². The number of unbranched alkanes of at least 4 members (excludes halogenated alkanes) is 16. The highest BCUT2D eigenvalue weighted by Gasteiger charge is 2.22. The molecule has 0 aliphatic rings. The lowest BCUT2D eigenvalue weighted by Crippen LogP contribution is -2.37. The van der Waals surface area contributed by atoms with Crippen LogP contribution < -0.4 is 4.89 Å². The first-order valence-electron chi connectivity index (χ1n) is 22.0. The molecule has 0 saturated carbocycles. The van der Waals surface area contributed by atoms with Gasteiger partial charge < -0.3 is 33.0 Å². The Morgan fingerprint density at radius 1 is 0.661 bits per heavy atom. The summed E-state index contributed by atoms with van der Waals surface area (Å²) in [5, 5.41) is 10.3. The minimum atomic E-state index is -4.67. The summed E-state index contributed by atoms with van der Waals surface area (Å²) in [5.74, 6) is -1.04. The van der Waals surface area contributed by atoms with Gasteiger partial charge in [0.05, 0.1) is 33.9 Å². The van der Waals surface area contributed by atoms with Crippen molar-refractivity contribution in [3.05, 3.63) is 48.6 Å². The summed E-state index contributed by atoms with van der Waals surface area (Å²) in [6.45, 7) is 3.97. The monoisotopic (exact) mass is 812 g/mol. The molecule has 0 radical (unpaired) electrons. The number of aliphatic hydroxyl groups excluding tert-OH is 1. The fraction of sp³-hybridized carbons (Fsp3) is 0.778. The number of hydrogen-bond acceptors (Lipinski definition) is 9. The molecule has 0 saturated heterocycles. The molecule has 0 spiro atoms. The molecule has 3 atom stereocenters. The molecule has 56 heavy (non-hydrogen) atoms. The zero-order valence-corrected chi connectivity index (χ0v) is 37.1. The molecule has 0 aromatic rings. The Hall–Kier alpha value is -2.07. The minimum absolute atomic E-state index is 0.0490. The van der Waals surface area contributed by atoms with Crippen LogP contribution in [0.15, 0.2) is 48.6 Å². The minimum Gasteiger partial charge on any atom is -0.756 e. The first-order chi connectivity index (χ1) is 26.9. The van der Waals surface area contributed by atoms with Gasteiger partial charge in [-0.2, -0.15) is 0 Å². The number of carbonyl (C=O) groups is 2. The smallest absolute Gasteiger partial charge is 0.306 e. The summed E-state index contributed by atoms with van der Waals surface area (Å²) in [6.07, 6.45) is 38.8. The van der Waals surface area contributed by atoms with Crippen LogP contribution in [-0.2, 0) is 32.7 Å². The maximum atomic E-state index is 12.7. The van der Waals surface area contributed by atoms with Gasteiger partial charge in [-0.15, -0.1) is 0 Å². The Morgan fingerprint density at radius 2 is 1.20 bits per heavy atom. The second kappa shape index (κ2) is 37.2. The fourth-order valence-electron chi connectivity index (χ4n) is 5.70. The van der Waals surface area contributed by atoms with E-state index in [9.17, 15) is 24.2 Å². The van der Waals surface area contributed by atoms with Crippen LogP contribution >= 0.6 is 7.82 Å². The van der Waals surface area contributed by atoms with Crippen molar-refractivity contribution in [1.82, 2.24) is 0 Å². The molecule has 0 heterocycles. The number of phosphoric acid groups is 1. The van der Waals surface area contributed by atoms with Crippen LogP contribution in [0.5, 0.6) is 0 Å². The van der Waals surface area contributed by atoms with Gasteiger partial charge in [-0.25, -0.2) is 0 Å². The van der Waals surface area contributed by atoms with Crippen molar-refractivity contribution < 1.29 is 47.2 Å². The summed E-state index contributed by atoms with van der Waals surface area (Å²) in [7, 11) is 1.06. The average molecular weight is 812 g/mol. The van der Waals surface area contributed by atoms with Crippen molar-refractivity contribution in [3.63, 3.8) is 0 Å². The third kappa shape index (κ3) is 40.1. The van der Waals surface area contributed by atoms with Crippen LogP contribution in [0, 0.1) is 0 Å². The van der Waals surface area contributed by atoms with Crippen LogP contribution in [0.3, 0.4) is 0 Å². The molecule has 10 nitrogen and oxygen atoms in total. The van der Waals surface area contributed by atoms with Crippen molar-refractivity contribution in [1.29, 1.82) is 0 Å². The molecular weight excluding hydrogens is 729 g/mol. The van der Waals surface area contributed by atoms with Crippen molar-refractivity contribution in [2.24, 2.45) is 0 Å². The summed E-state index contributed by atoms with van der Waals surface area (Å²) >= 11 is 0. The maximum absolute atomic E-state index is 12.7. The number of ether oxygens (including phenoxy) is 2.